The van der Waals surface area contributed by atoms with Crippen molar-refractivity contribution in [3.63, 3.8) is 0 Å². The molecule has 4 aromatic rings. The first-order valence-electron chi connectivity index (χ1n) is 8.75. The fraction of sp³-hybridized carbons (Fsp3) is 0. The van der Waals surface area contributed by atoms with Gasteiger partial charge in [-0.05, 0) is 42.5 Å². The Kier molecular flexibility index (Phi) is 4.05. The maximum absolute atomic E-state index is 13.8. The highest BCUT2D eigenvalue weighted by Gasteiger charge is 2.35. The van der Waals surface area contributed by atoms with Crippen molar-refractivity contribution in [3.05, 3.63) is 83.2 Å². The van der Waals surface area contributed by atoms with Gasteiger partial charge in [0.15, 0.2) is 10.9 Å². The van der Waals surface area contributed by atoms with Crippen LogP contribution in [0.4, 0.5) is 9.52 Å². The third-order valence-electron chi connectivity index (χ3n) is 4.79. The predicted molar refractivity (Wildman–Crippen MR) is 109 cm³/mol. The number of nitrogens with zero attached hydrogens (tertiary/aromatic N) is 1. The largest absolute Gasteiger partial charge is 0.298 e. The Morgan fingerprint density at radius 3 is 2.53 bits per heavy atom. The predicted octanol–water partition coefficient (Wildman–Crippen LogP) is 4.06. The van der Waals surface area contributed by atoms with Crippen LogP contribution in [0.3, 0.4) is 0 Å². The number of para-hydroxylation sites is 1. The van der Waals surface area contributed by atoms with Crippen LogP contribution < -0.4 is 5.32 Å². The van der Waals surface area contributed by atoms with E-state index in [0.29, 0.717) is 4.70 Å². The maximum atomic E-state index is 13.8. The molecule has 0 unspecified atom stereocenters. The molecule has 5 rings (SSSR count). The average molecular weight is 438 g/mol. The van der Waals surface area contributed by atoms with E-state index in [9.17, 15) is 22.4 Å². The summed E-state index contributed by atoms with van der Waals surface area (Å²) in [5.74, 6) is -1.54. The number of fused-ring (bicyclic) bond motifs is 3. The van der Waals surface area contributed by atoms with Gasteiger partial charge in [0, 0.05) is 16.7 Å². The summed E-state index contributed by atoms with van der Waals surface area (Å²) in [5.41, 5.74) is 0.262. The standard InChI is InChI=1S/C21H11FN2O4S2/c22-14-5-3-6-15-18(14)23-21(29-15)24-20(26)11-8-9-17-13(10-11)19(25)12-4-1-2-7-16(12)30(17,27)28/h1-10H,(H,23,24,26). The van der Waals surface area contributed by atoms with Crippen molar-refractivity contribution in [2.75, 3.05) is 5.32 Å². The zero-order chi connectivity index (χ0) is 21.0. The maximum Gasteiger partial charge on any atom is 0.257 e. The van der Waals surface area contributed by atoms with Gasteiger partial charge in [-0.1, -0.05) is 29.5 Å². The molecule has 1 aromatic heterocycles. The fourth-order valence-corrected chi connectivity index (χ4v) is 5.88. The van der Waals surface area contributed by atoms with Gasteiger partial charge in [0.1, 0.15) is 11.3 Å². The SMILES string of the molecule is O=C(Nc1nc2c(F)cccc2s1)c1ccc2c(c1)C(=O)c1ccccc1S2(=O)=O. The van der Waals surface area contributed by atoms with Gasteiger partial charge in [0.05, 0.1) is 14.5 Å². The van der Waals surface area contributed by atoms with E-state index in [1.807, 2.05) is 0 Å². The van der Waals surface area contributed by atoms with E-state index in [4.69, 9.17) is 0 Å². The summed E-state index contributed by atoms with van der Waals surface area (Å²) in [7, 11) is -3.86. The number of hydrogen-bond donors (Lipinski definition) is 1. The van der Waals surface area contributed by atoms with E-state index in [0.717, 1.165) is 11.3 Å². The lowest BCUT2D eigenvalue weighted by Gasteiger charge is -2.19. The monoisotopic (exact) mass is 438 g/mol. The third-order valence-corrected chi connectivity index (χ3v) is 7.59. The molecule has 0 saturated carbocycles. The Bertz CT molecular complexity index is 1490. The van der Waals surface area contributed by atoms with Gasteiger partial charge in [-0.15, -0.1) is 0 Å². The molecule has 0 spiro atoms. The number of nitrogens with one attached hydrogen (secondary N) is 1. The molecule has 6 nitrogen and oxygen atoms in total. The van der Waals surface area contributed by atoms with Crippen LogP contribution in [0.1, 0.15) is 26.3 Å². The zero-order valence-electron chi connectivity index (χ0n) is 15.0. The normalized spacial score (nSPS) is 14.2. The lowest BCUT2D eigenvalue weighted by Crippen LogP contribution is -2.21. The fourth-order valence-electron chi connectivity index (χ4n) is 3.37. The number of halogens is 1. The highest BCUT2D eigenvalue weighted by molar-refractivity contribution is 7.91. The molecule has 9 heteroatoms. The van der Waals surface area contributed by atoms with E-state index in [1.54, 1.807) is 24.3 Å². The number of anilines is 1. The summed E-state index contributed by atoms with van der Waals surface area (Å²) in [5, 5.41) is 2.77. The van der Waals surface area contributed by atoms with Crippen LogP contribution in [0, 0.1) is 5.82 Å². The number of amides is 1. The van der Waals surface area contributed by atoms with E-state index in [1.165, 1.54) is 36.4 Å². The van der Waals surface area contributed by atoms with Gasteiger partial charge in [-0.3, -0.25) is 14.9 Å². The molecule has 0 atom stereocenters. The molecule has 148 valence electrons. The highest BCUT2D eigenvalue weighted by Crippen LogP contribution is 2.35. The number of thiazole rings is 1. The smallest absolute Gasteiger partial charge is 0.257 e. The summed E-state index contributed by atoms with van der Waals surface area (Å²) in [6.07, 6.45) is 0. The van der Waals surface area contributed by atoms with Crippen LogP contribution in [0.25, 0.3) is 10.2 Å². The molecule has 1 N–H and O–H groups in total. The molecule has 30 heavy (non-hydrogen) atoms. The summed E-state index contributed by atoms with van der Waals surface area (Å²) >= 11 is 1.11. The van der Waals surface area contributed by atoms with Gasteiger partial charge in [0.25, 0.3) is 5.91 Å². The van der Waals surface area contributed by atoms with Crippen LogP contribution in [0.2, 0.25) is 0 Å². The molecule has 0 radical (unpaired) electrons. The molecule has 3 aromatic carbocycles. The lowest BCUT2D eigenvalue weighted by molar-refractivity contribution is 0.102. The average Bonchev–Trinajstić information content (AvgIpc) is 3.16. The number of aromatic nitrogens is 1. The highest BCUT2D eigenvalue weighted by atomic mass is 32.2. The van der Waals surface area contributed by atoms with Gasteiger partial charge < -0.3 is 0 Å². The van der Waals surface area contributed by atoms with Crippen molar-refractivity contribution >= 4 is 48.2 Å². The summed E-state index contributed by atoms with van der Waals surface area (Å²) in [4.78, 5) is 29.4. The Morgan fingerprint density at radius 1 is 0.967 bits per heavy atom. The van der Waals surface area contributed by atoms with Crippen LogP contribution in [0.15, 0.2) is 70.5 Å². The topological polar surface area (TPSA) is 93.2 Å². The minimum Gasteiger partial charge on any atom is -0.298 e. The molecular formula is C21H11FN2O4S2. The number of carbonyl (C=O) groups excluding carboxylic acids is 2. The number of sulfone groups is 1. The molecule has 0 saturated heterocycles. The Morgan fingerprint density at radius 2 is 1.73 bits per heavy atom. The zero-order valence-corrected chi connectivity index (χ0v) is 16.7. The van der Waals surface area contributed by atoms with Gasteiger partial charge >= 0.3 is 0 Å². The number of hydrogen-bond acceptors (Lipinski definition) is 6. The first kappa shape index (κ1) is 18.6. The van der Waals surface area contributed by atoms with Crippen molar-refractivity contribution in [2.45, 2.75) is 9.79 Å². The van der Waals surface area contributed by atoms with E-state index in [2.05, 4.69) is 10.3 Å². The van der Waals surface area contributed by atoms with Crippen LogP contribution in [-0.4, -0.2) is 25.1 Å². The third kappa shape index (κ3) is 2.74. The Balaban J connectivity index is 1.53. The first-order valence-corrected chi connectivity index (χ1v) is 11.1. The second-order valence-corrected chi connectivity index (χ2v) is 9.52. The van der Waals surface area contributed by atoms with Gasteiger partial charge in [-0.25, -0.2) is 17.8 Å². The van der Waals surface area contributed by atoms with Crippen molar-refractivity contribution in [3.8, 4) is 0 Å². The Hall–Kier alpha value is -3.43. The second-order valence-electron chi connectivity index (χ2n) is 6.60. The number of rotatable bonds is 2. The van der Waals surface area contributed by atoms with E-state index >= 15 is 0 Å². The van der Waals surface area contributed by atoms with Crippen molar-refractivity contribution < 1.29 is 22.4 Å². The number of benzene rings is 3. The van der Waals surface area contributed by atoms with Gasteiger partial charge in [-0.2, -0.15) is 0 Å². The molecular weight excluding hydrogens is 427 g/mol. The minimum atomic E-state index is -3.86. The molecule has 0 bridgehead atoms. The van der Waals surface area contributed by atoms with Crippen LogP contribution in [-0.2, 0) is 9.84 Å². The van der Waals surface area contributed by atoms with Crippen molar-refractivity contribution in [2.24, 2.45) is 0 Å². The van der Waals surface area contributed by atoms with E-state index < -0.39 is 27.3 Å². The second kappa shape index (κ2) is 6.54. The van der Waals surface area contributed by atoms with Crippen molar-refractivity contribution in [1.29, 1.82) is 0 Å². The number of ketones is 1. The van der Waals surface area contributed by atoms with Crippen molar-refractivity contribution in [1.82, 2.24) is 4.98 Å². The van der Waals surface area contributed by atoms with Crippen LogP contribution in [0.5, 0.6) is 0 Å². The first-order chi connectivity index (χ1) is 14.4. The quantitative estimate of drug-likeness (QED) is 0.449. The summed E-state index contributed by atoms with van der Waals surface area (Å²) in [6, 6.07) is 14.3. The molecule has 1 aliphatic heterocycles. The minimum absolute atomic E-state index is 0.0452. The summed E-state index contributed by atoms with van der Waals surface area (Å²) < 4.78 is 40.1. The van der Waals surface area contributed by atoms with E-state index in [-0.39, 0.29) is 37.1 Å². The molecule has 0 fully saturated rings. The molecule has 1 aliphatic rings. The molecule has 0 aliphatic carbocycles. The van der Waals surface area contributed by atoms with Gasteiger partial charge in [0.2, 0.25) is 9.84 Å². The lowest BCUT2D eigenvalue weighted by atomic mass is 10.0. The molecule has 1 amide bonds. The molecule has 2 heterocycles. The Labute approximate surface area is 173 Å². The van der Waals surface area contributed by atoms with Crippen LogP contribution >= 0.6 is 11.3 Å². The summed E-state index contributed by atoms with van der Waals surface area (Å²) in [6.45, 7) is 0. The number of carbonyl (C=O) groups is 2.